The molecule has 20 heavy (non-hydrogen) atoms. The molecule has 5 heteroatoms. The minimum absolute atomic E-state index is 0.0708. The zero-order chi connectivity index (χ0) is 14.7. The number of aliphatic carboxylic acids is 1. The number of rotatable bonds is 6. The topological polar surface area (TPSA) is 66.8 Å². The van der Waals surface area contributed by atoms with Gasteiger partial charge < -0.3 is 14.7 Å². The van der Waals surface area contributed by atoms with E-state index in [1.807, 2.05) is 32.0 Å². The van der Waals surface area contributed by atoms with Gasteiger partial charge in [-0.15, -0.1) is 0 Å². The molecule has 0 unspecified atom stereocenters. The number of carbonyl (C=O) groups excluding carboxylic acids is 1. The van der Waals surface area contributed by atoms with Crippen molar-refractivity contribution in [3.05, 3.63) is 29.3 Å². The molecule has 0 heterocycles. The van der Waals surface area contributed by atoms with E-state index in [1.165, 1.54) is 4.90 Å². The minimum atomic E-state index is -0.989. The maximum absolute atomic E-state index is 12.0. The Morgan fingerprint density at radius 2 is 1.85 bits per heavy atom. The molecule has 0 spiro atoms. The van der Waals surface area contributed by atoms with Crippen LogP contribution in [0, 0.1) is 13.8 Å². The highest BCUT2D eigenvalue weighted by Crippen LogP contribution is 2.26. The number of hydrogen-bond donors (Lipinski definition) is 1. The van der Waals surface area contributed by atoms with Crippen molar-refractivity contribution in [1.29, 1.82) is 0 Å². The molecule has 0 radical (unpaired) electrons. The van der Waals surface area contributed by atoms with Crippen molar-refractivity contribution in [2.45, 2.75) is 32.7 Å². The first-order chi connectivity index (χ1) is 9.45. The van der Waals surface area contributed by atoms with Gasteiger partial charge in [-0.05, 0) is 49.9 Å². The Bertz CT molecular complexity index is 502. The summed E-state index contributed by atoms with van der Waals surface area (Å²) in [7, 11) is 0. The second-order valence-electron chi connectivity index (χ2n) is 5.26. The number of aryl methyl sites for hydroxylation is 2. The van der Waals surface area contributed by atoms with Crippen LogP contribution in [0.1, 0.15) is 24.0 Å². The Kier molecular flexibility index (Phi) is 4.27. The maximum atomic E-state index is 12.0. The molecule has 1 aliphatic carbocycles. The van der Waals surface area contributed by atoms with Gasteiger partial charge >= 0.3 is 5.97 Å². The van der Waals surface area contributed by atoms with Crippen LogP contribution in [0.4, 0.5) is 0 Å². The zero-order valence-corrected chi connectivity index (χ0v) is 11.8. The van der Waals surface area contributed by atoms with Gasteiger partial charge in [0.2, 0.25) is 0 Å². The average Bonchev–Trinajstić information content (AvgIpc) is 3.15. The Labute approximate surface area is 118 Å². The molecule has 1 amide bonds. The number of hydrogen-bond acceptors (Lipinski definition) is 3. The van der Waals surface area contributed by atoms with Crippen molar-refractivity contribution in [3.63, 3.8) is 0 Å². The summed E-state index contributed by atoms with van der Waals surface area (Å²) in [5.41, 5.74) is 2.13. The Balaban J connectivity index is 1.94. The van der Waals surface area contributed by atoms with E-state index in [4.69, 9.17) is 9.84 Å². The van der Waals surface area contributed by atoms with Gasteiger partial charge in [-0.25, -0.2) is 0 Å². The SMILES string of the molecule is Cc1cc(C)cc(OCC(=O)N(CC(=O)O)C2CC2)c1. The monoisotopic (exact) mass is 277 g/mol. The number of ether oxygens (including phenoxy) is 1. The van der Waals surface area contributed by atoms with Gasteiger partial charge in [0.25, 0.3) is 5.91 Å². The Hall–Kier alpha value is -2.04. The fourth-order valence-corrected chi connectivity index (χ4v) is 2.20. The van der Waals surface area contributed by atoms with Gasteiger partial charge in [0, 0.05) is 6.04 Å². The lowest BCUT2D eigenvalue weighted by Crippen LogP contribution is -2.40. The van der Waals surface area contributed by atoms with E-state index in [1.54, 1.807) is 0 Å². The molecule has 1 saturated carbocycles. The standard InChI is InChI=1S/C15H19NO4/c1-10-5-11(2)7-13(6-10)20-9-14(17)16(8-15(18)19)12-3-4-12/h5-7,12H,3-4,8-9H2,1-2H3,(H,18,19). The number of carboxylic acid groups (broad SMARTS) is 1. The average molecular weight is 277 g/mol. The molecule has 0 aliphatic heterocycles. The fourth-order valence-electron chi connectivity index (χ4n) is 2.20. The van der Waals surface area contributed by atoms with E-state index in [9.17, 15) is 9.59 Å². The summed E-state index contributed by atoms with van der Waals surface area (Å²) >= 11 is 0. The van der Waals surface area contributed by atoms with Gasteiger partial charge in [0.05, 0.1) is 0 Å². The third-order valence-corrected chi connectivity index (χ3v) is 3.17. The van der Waals surface area contributed by atoms with Crippen LogP contribution in [-0.4, -0.2) is 41.1 Å². The molecular weight excluding hydrogens is 258 g/mol. The number of carboxylic acids is 1. The van der Waals surface area contributed by atoms with Crippen LogP contribution >= 0.6 is 0 Å². The van der Waals surface area contributed by atoms with Crippen molar-refractivity contribution in [1.82, 2.24) is 4.90 Å². The minimum Gasteiger partial charge on any atom is -0.484 e. The predicted octanol–water partition coefficient (Wildman–Crippen LogP) is 1.76. The summed E-state index contributed by atoms with van der Waals surface area (Å²) in [6, 6.07) is 5.81. The first-order valence-corrected chi connectivity index (χ1v) is 6.68. The van der Waals surface area contributed by atoms with Crippen LogP contribution in [0.3, 0.4) is 0 Å². The largest absolute Gasteiger partial charge is 0.484 e. The van der Waals surface area contributed by atoms with Crippen molar-refractivity contribution >= 4 is 11.9 Å². The summed E-state index contributed by atoms with van der Waals surface area (Å²) in [6.45, 7) is 3.55. The van der Waals surface area contributed by atoms with Crippen LogP contribution in [0.25, 0.3) is 0 Å². The lowest BCUT2D eigenvalue weighted by molar-refractivity contribution is -0.145. The van der Waals surface area contributed by atoms with Gasteiger partial charge in [0.15, 0.2) is 6.61 Å². The highest BCUT2D eigenvalue weighted by Gasteiger charge is 2.33. The molecule has 2 rings (SSSR count). The van der Waals surface area contributed by atoms with Gasteiger partial charge in [-0.3, -0.25) is 9.59 Å². The summed E-state index contributed by atoms with van der Waals surface area (Å²) in [6.07, 6.45) is 1.76. The third kappa shape index (κ3) is 3.98. The summed E-state index contributed by atoms with van der Waals surface area (Å²) < 4.78 is 5.49. The van der Waals surface area contributed by atoms with Crippen LogP contribution < -0.4 is 4.74 Å². The quantitative estimate of drug-likeness (QED) is 0.860. The molecule has 1 fully saturated rings. The van der Waals surface area contributed by atoms with Crippen LogP contribution in [0.5, 0.6) is 5.75 Å². The smallest absolute Gasteiger partial charge is 0.323 e. The van der Waals surface area contributed by atoms with Crippen LogP contribution in [0.15, 0.2) is 18.2 Å². The molecular formula is C15H19NO4. The maximum Gasteiger partial charge on any atom is 0.323 e. The van der Waals surface area contributed by atoms with E-state index in [-0.39, 0.29) is 25.1 Å². The van der Waals surface area contributed by atoms with E-state index in [2.05, 4.69) is 0 Å². The number of carbonyl (C=O) groups is 2. The first kappa shape index (κ1) is 14.4. The Morgan fingerprint density at radius 1 is 1.25 bits per heavy atom. The molecule has 1 N–H and O–H groups in total. The van der Waals surface area contributed by atoms with Gasteiger partial charge in [-0.1, -0.05) is 6.07 Å². The summed E-state index contributed by atoms with van der Waals surface area (Å²) in [5, 5.41) is 8.83. The predicted molar refractivity (Wildman–Crippen MR) is 73.8 cm³/mol. The summed E-state index contributed by atoms with van der Waals surface area (Å²) in [5.74, 6) is -0.618. The molecule has 0 atom stereocenters. The van der Waals surface area contributed by atoms with E-state index >= 15 is 0 Å². The molecule has 0 saturated heterocycles. The third-order valence-electron chi connectivity index (χ3n) is 3.17. The number of benzene rings is 1. The lowest BCUT2D eigenvalue weighted by Gasteiger charge is -2.20. The van der Waals surface area contributed by atoms with Crippen LogP contribution in [0.2, 0.25) is 0 Å². The number of nitrogens with zero attached hydrogens (tertiary/aromatic N) is 1. The number of amides is 1. The van der Waals surface area contributed by atoms with Crippen molar-refractivity contribution in [2.24, 2.45) is 0 Å². The highest BCUT2D eigenvalue weighted by atomic mass is 16.5. The van der Waals surface area contributed by atoms with Crippen LogP contribution in [-0.2, 0) is 9.59 Å². The molecule has 108 valence electrons. The van der Waals surface area contributed by atoms with Crippen molar-refractivity contribution < 1.29 is 19.4 Å². The zero-order valence-electron chi connectivity index (χ0n) is 11.8. The van der Waals surface area contributed by atoms with E-state index in [0.717, 1.165) is 24.0 Å². The van der Waals surface area contributed by atoms with Crippen molar-refractivity contribution in [2.75, 3.05) is 13.2 Å². The lowest BCUT2D eigenvalue weighted by atomic mass is 10.1. The van der Waals surface area contributed by atoms with Crippen molar-refractivity contribution in [3.8, 4) is 5.75 Å². The first-order valence-electron chi connectivity index (χ1n) is 6.68. The molecule has 0 bridgehead atoms. The fraction of sp³-hybridized carbons (Fsp3) is 0.467. The summed E-state index contributed by atoms with van der Waals surface area (Å²) in [4.78, 5) is 24.2. The highest BCUT2D eigenvalue weighted by molar-refractivity contribution is 5.83. The molecule has 1 aliphatic rings. The molecule has 0 aromatic heterocycles. The molecule has 5 nitrogen and oxygen atoms in total. The van der Waals surface area contributed by atoms with Gasteiger partial charge in [-0.2, -0.15) is 0 Å². The normalized spacial score (nSPS) is 13.9. The van der Waals surface area contributed by atoms with E-state index < -0.39 is 5.97 Å². The second-order valence-corrected chi connectivity index (χ2v) is 5.26. The van der Waals surface area contributed by atoms with Gasteiger partial charge in [0.1, 0.15) is 12.3 Å². The van der Waals surface area contributed by atoms with E-state index in [0.29, 0.717) is 5.75 Å². The second kappa shape index (κ2) is 5.94. The Morgan fingerprint density at radius 3 is 2.35 bits per heavy atom. The molecule has 1 aromatic carbocycles. The molecule has 1 aromatic rings.